The van der Waals surface area contributed by atoms with Crippen LogP contribution in [-0.4, -0.2) is 38.4 Å². The second kappa shape index (κ2) is 6.39. The molecule has 0 spiro atoms. The Hall–Kier alpha value is -3.42. The van der Waals surface area contributed by atoms with Gasteiger partial charge < -0.3 is 15.2 Å². The second-order valence-electron chi connectivity index (χ2n) is 6.51. The average Bonchev–Trinajstić information content (AvgIpc) is 3.23. The Morgan fingerprint density at radius 2 is 2.15 bits per heavy atom. The van der Waals surface area contributed by atoms with Crippen LogP contribution in [0.3, 0.4) is 0 Å². The number of carbonyl (C=O) groups excluding carboxylic acids is 1. The summed E-state index contributed by atoms with van der Waals surface area (Å²) in [4.78, 5) is 28.7. The number of benzene rings is 1. The second-order valence-corrected chi connectivity index (χ2v) is 6.51. The normalized spacial score (nSPS) is 13.9. The zero-order valence-electron chi connectivity index (χ0n) is 14.9. The highest BCUT2D eigenvalue weighted by molar-refractivity contribution is 5.99. The molecule has 0 aliphatic carbocycles. The van der Waals surface area contributed by atoms with Gasteiger partial charge in [0, 0.05) is 25.1 Å². The van der Waals surface area contributed by atoms with Crippen molar-refractivity contribution in [1.29, 1.82) is 0 Å². The number of carbonyl (C=O) groups is 2. The van der Waals surface area contributed by atoms with Gasteiger partial charge >= 0.3 is 5.97 Å². The summed E-state index contributed by atoms with van der Waals surface area (Å²) >= 11 is 0. The molecular weight excluding hydrogens is 348 g/mol. The fraction of sp³-hybridized carbons (Fsp3) is 0.263. The summed E-state index contributed by atoms with van der Waals surface area (Å²) in [7, 11) is 1.78. The third kappa shape index (κ3) is 2.99. The van der Waals surface area contributed by atoms with Crippen LogP contribution in [0, 0.1) is 6.92 Å². The lowest BCUT2D eigenvalue weighted by atomic mass is 10.0. The number of nitrogens with zero attached hydrogens (tertiary/aromatic N) is 3. The number of pyridine rings is 1. The maximum Gasteiger partial charge on any atom is 0.330 e. The number of nitrogens with one attached hydrogen (secondary N) is 1. The molecule has 8 heteroatoms. The molecule has 0 fully saturated rings. The molecule has 0 saturated carbocycles. The minimum atomic E-state index is -1.16. The average molecular weight is 366 g/mol. The predicted molar refractivity (Wildman–Crippen MR) is 96.7 cm³/mol. The topological polar surface area (TPSA) is 106 Å². The molecule has 1 aromatic carbocycles. The zero-order valence-corrected chi connectivity index (χ0v) is 14.9. The van der Waals surface area contributed by atoms with Crippen LogP contribution in [0.15, 0.2) is 30.5 Å². The van der Waals surface area contributed by atoms with Crippen molar-refractivity contribution in [2.24, 2.45) is 7.05 Å². The molecule has 2 N–H and O–H groups in total. The Morgan fingerprint density at radius 3 is 2.93 bits per heavy atom. The first-order valence-electron chi connectivity index (χ1n) is 8.52. The van der Waals surface area contributed by atoms with E-state index in [2.05, 4.69) is 15.4 Å². The van der Waals surface area contributed by atoms with Crippen molar-refractivity contribution in [2.75, 3.05) is 6.61 Å². The van der Waals surface area contributed by atoms with Gasteiger partial charge in [-0.25, -0.2) is 9.78 Å². The maximum atomic E-state index is 12.7. The van der Waals surface area contributed by atoms with Crippen molar-refractivity contribution < 1.29 is 19.4 Å². The van der Waals surface area contributed by atoms with Crippen molar-refractivity contribution in [3.8, 4) is 5.75 Å². The van der Waals surface area contributed by atoms with Crippen LogP contribution in [0.4, 0.5) is 0 Å². The Kier molecular flexibility index (Phi) is 4.02. The van der Waals surface area contributed by atoms with Crippen LogP contribution in [0.5, 0.6) is 5.75 Å². The van der Waals surface area contributed by atoms with Crippen LogP contribution in [0.25, 0.3) is 11.0 Å². The molecule has 8 nitrogen and oxygen atoms in total. The fourth-order valence-corrected chi connectivity index (χ4v) is 3.32. The molecule has 1 aliphatic rings. The molecule has 27 heavy (non-hydrogen) atoms. The van der Waals surface area contributed by atoms with Crippen LogP contribution in [0.2, 0.25) is 0 Å². The SMILES string of the molecule is Cc1nn(C)c2ncc(C(=O)NC(C(=O)O)c3ccc4c(c3)CCO4)cc12. The van der Waals surface area contributed by atoms with Crippen LogP contribution < -0.4 is 10.1 Å². The molecule has 0 saturated heterocycles. The van der Waals surface area contributed by atoms with Crippen molar-refractivity contribution in [1.82, 2.24) is 20.1 Å². The van der Waals surface area contributed by atoms with Gasteiger partial charge in [0.2, 0.25) is 0 Å². The molecule has 0 radical (unpaired) electrons. The Labute approximate surface area is 154 Å². The summed E-state index contributed by atoms with van der Waals surface area (Å²) in [6.45, 7) is 2.41. The molecule has 0 bridgehead atoms. The number of hydrogen-bond acceptors (Lipinski definition) is 5. The zero-order chi connectivity index (χ0) is 19.1. The summed E-state index contributed by atoms with van der Waals surface area (Å²) in [5.74, 6) is -0.874. The number of carboxylic acids is 1. The van der Waals surface area contributed by atoms with E-state index in [1.54, 1.807) is 36.0 Å². The van der Waals surface area contributed by atoms with Crippen molar-refractivity contribution in [3.05, 3.63) is 52.8 Å². The molecule has 4 rings (SSSR count). The lowest BCUT2D eigenvalue weighted by Gasteiger charge is -2.16. The van der Waals surface area contributed by atoms with E-state index >= 15 is 0 Å². The lowest BCUT2D eigenvalue weighted by molar-refractivity contribution is -0.139. The van der Waals surface area contributed by atoms with Gasteiger partial charge in [-0.05, 0) is 36.2 Å². The van der Waals surface area contributed by atoms with E-state index in [0.29, 0.717) is 17.8 Å². The van der Waals surface area contributed by atoms with E-state index in [1.807, 2.05) is 6.92 Å². The van der Waals surface area contributed by atoms with Crippen molar-refractivity contribution in [3.63, 3.8) is 0 Å². The first-order valence-corrected chi connectivity index (χ1v) is 8.52. The summed E-state index contributed by atoms with van der Waals surface area (Å²) in [6.07, 6.45) is 2.15. The monoisotopic (exact) mass is 366 g/mol. The molecule has 1 atom stereocenters. The van der Waals surface area contributed by atoms with E-state index < -0.39 is 17.9 Å². The highest BCUT2D eigenvalue weighted by atomic mass is 16.5. The maximum absolute atomic E-state index is 12.7. The van der Waals surface area contributed by atoms with Crippen molar-refractivity contribution in [2.45, 2.75) is 19.4 Å². The molecule has 1 aliphatic heterocycles. The quantitative estimate of drug-likeness (QED) is 0.729. The van der Waals surface area contributed by atoms with Gasteiger partial charge in [0.05, 0.1) is 17.9 Å². The van der Waals surface area contributed by atoms with Gasteiger partial charge in [-0.3, -0.25) is 9.48 Å². The number of ether oxygens (including phenoxy) is 1. The van der Waals surface area contributed by atoms with Gasteiger partial charge in [0.1, 0.15) is 5.75 Å². The van der Waals surface area contributed by atoms with Gasteiger partial charge in [-0.15, -0.1) is 0 Å². The predicted octanol–water partition coefficient (Wildman–Crippen LogP) is 1.77. The molecule has 3 aromatic rings. The number of rotatable bonds is 4. The van der Waals surface area contributed by atoms with Crippen molar-refractivity contribution >= 4 is 22.9 Å². The molecule has 3 heterocycles. The van der Waals surface area contributed by atoms with Gasteiger partial charge in [-0.2, -0.15) is 5.10 Å². The minimum Gasteiger partial charge on any atom is -0.493 e. The molecule has 2 aromatic heterocycles. The summed E-state index contributed by atoms with van der Waals surface area (Å²) in [5, 5.41) is 17.2. The Morgan fingerprint density at radius 1 is 1.33 bits per heavy atom. The number of aryl methyl sites for hydroxylation is 2. The lowest BCUT2D eigenvalue weighted by Crippen LogP contribution is -2.33. The number of aliphatic carboxylic acids is 1. The summed E-state index contributed by atoms with van der Waals surface area (Å²) in [5.41, 5.74) is 3.16. The van der Waals surface area contributed by atoms with Crippen LogP contribution in [-0.2, 0) is 18.3 Å². The fourth-order valence-electron chi connectivity index (χ4n) is 3.32. The van der Waals surface area contributed by atoms with E-state index in [-0.39, 0.29) is 5.56 Å². The Balaban J connectivity index is 1.63. The number of fused-ring (bicyclic) bond motifs is 2. The highest BCUT2D eigenvalue weighted by Crippen LogP contribution is 2.28. The molecular formula is C19H18N4O4. The third-order valence-electron chi connectivity index (χ3n) is 4.69. The van der Waals surface area contributed by atoms with E-state index in [1.165, 1.54) is 6.20 Å². The number of carboxylic acid groups (broad SMARTS) is 1. The van der Waals surface area contributed by atoms with Gasteiger partial charge in [0.15, 0.2) is 11.7 Å². The third-order valence-corrected chi connectivity index (χ3v) is 4.69. The van der Waals surface area contributed by atoms with Crippen LogP contribution >= 0.6 is 0 Å². The first kappa shape index (κ1) is 17.0. The first-order chi connectivity index (χ1) is 12.9. The molecule has 1 unspecified atom stereocenters. The number of hydrogen-bond donors (Lipinski definition) is 2. The smallest absolute Gasteiger partial charge is 0.330 e. The highest BCUT2D eigenvalue weighted by Gasteiger charge is 2.25. The van der Waals surface area contributed by atoms with E-state index in [0.717, 1.165) is 28.8 Å². The molecule has 1 amide bonds. The van der Waals surface area contributed by atoms with Gasteiger partial charge in [0.25, 0.3) is 5.91 Å². The minimum absolute atomic E-state index is 0.286. The largest absolute Gasteiger partial charge is 0.493 e. The number of amides is 1. The number of aromatic nitrogens is 3. The Bertz CT molecular complexity index is 1070. The van der Waals surface area contributed by atoms with E-state index in [9.17, 15) is 14.7 Å². The van der Waals surface area contributed by atoms with Gasteiger partial charge in [-0.1, -0.05) is 6.07 Å². The summed E-state index contributed by atoms with van der Waals surface area (Å²) < 4.78 is 7.09. The summed E-state index contributed by atoms with van der Waals surface area (Å²) in [6, 6.07) is 5.69. The van der Waals surface area contributed by atoms with Crippen LogP contribution in [0.1, 0.15) is 33.2 Å². The standard InChI is InChI=1S/C19H18N4O4/c1-10-14-8-13(9-20-17(14)23(2)22-10)18(24)21-16(19(25)26)12-3-4-15-11(7-12)5-6-27-15/h3-4,7-9,16H,5-6H2,1-2H3,(H,21,24)(H,25,26). The molecule has 138 valence electrons. The van der Waals surface area contributed by atoms with E-state index in [4.69, 9.17) is 4.74 Å².